The largest absolute Gasteiger partial charge is 0.505 e. The standard InChI is InChI=1S/C23H23FN4O7S/c1-36(33,34)17-11-15(24)5-4-14(17)12-26-22(31)19-21(30)20-16(3-2-6-25-20)28(23(19)32)13-18(29)27-7-9-35-10-8-27/h2-6,11,30H,7-10,12-13H2,1H3,(H,26,31). The van der Waals surface area contributed by atoms with Crippen molar-refractivity contribution in [3.05, 3.63) is 63.8 Å². The maximum atomic E-state index is 13.6. The molecule has 1 saturated heterocycles. The molecular weight excluding hydrogens is 495 g/mol. The Morgan fingerprint density at radius 3 is 2.64 bits per heavy atom. The fourth-order valence-electron chi connectivity index (χ4n) is 3.95. The minimum absolute atomic E-state index is 0.0596. The summed E-state index contributed by atoms with van der Waals surface area (Å²) < 4.78 is 44.0. The monoisotopic (exact) mass is 518 g/mol. The van der Waals surface area contributed by atoms with Crippen molar-refractivity contribution in [2.45, 2.75) is 18.0 Å². The molecule has 2 N–H and O–H groups in total. The molecule has 3 heterocycles. The van der Waals surface area contributed by atoms with E-state index in [1.54, 1.807) is 0 Å². The number of aromatic hydroxyl groups is 1. The number of carbonyl (C=O) groups excluding carboxylic acids is 2. The molecule has 2 amide bonds. The number of sulfone groups is 1. The van der Waals surface area contributed by atoms with Crippen molar-refractivity contribution in [1.29, 1.82) is 0 Å². The Labute approximate surface area is 205 Å². The van der Waals surface area contributed by atoms with Gasteiger partial charge in [0.05, 0.1) is 23.6 Å². The molecule has 1 fully saturated rings. The molecule has 0 aliphatic carbocycles. The minimum atomic E-state index is -3.81. The zero-order valence-electron chi connectivity index (χ0n) is 19.2. The number of nitrogens with zero attached hydrogens (tertiary/aromatic N) is 3. The molecule has 1 aromatic carbocycles. The van der Waals surface area contributed by atoms with E-state index in [9.17, 15) is 32.3 Å². The van der Waals surface area contributed by atoms with Crippen molar-refractivity contribution in [2.24, 2.45) is 0 Å². The highest BCUT2D eigenvalue weighted by molar-refractivity contribution is 7.90. The smallest absolute Gasteiger partial charge is 0.268 e. The molecule has 13 heteroatoms. The Morgan fingerprint density at radius 2 is 1.94 bits per heavy atom. The average Bonchev–Trinajstić information content (AvgIpc) is 2.85. The third-order valence-electron chi connectivity index (χ3n) is 5.75. The first-order valence-corrected chi connectivity index (χ1v) is 12.8. The molecule has 0 unspecified atom stereocenters. The molecule has 0 atom stereocenters. The van der Waals surface area contributed by atoms with Crippen LogP contribution in [-0.2, 0) is 32.5 Å². The number of morpholine rings is 1. The molecule has 0 saturated carbocycles. The molecule has 1 aliphatic rings. The van der Waals surface area contributed by atoms with Gasteiger partial charge < -0.3 is 20.1 Å². The molecule has 36 heavy (non-hydrogen) atoms. The van der Waals surface area contributed by atoms with Crippen molar-refractivity contribution >= 4 is 32.7 Å². The zero-order valence-corrected chi connectivity index (χ0v) is 20.0. The second-order valence-corrected chi connectivity index (χ2v) is 10.2. The first-order valence-electron chi connectivity index (χ1n) is 10.9. The molecule has 0 radical (unpaired) electrons. The van der Waals surface area contributed by atoms with Gasteiger partial charge in [-0.2, -0.15) is 0 Å². The highest BCUT2D eigenvalue weighted by Gasteiger charge is 2.26. The molecule has 11 nitrogen and oxygen atoms in total. The van der Waals surface area contributed by atoms with Crippen LogP contribution in [0.4, 0.5) is 4.39 Å². The van der Waals surface area contributed by atoms with Crippen LogP contribution in [0, 0.1) is 5.82 Å². The van der Waals surface area contributed by atoms with Gasteiger partial charge in [0, 0.05) is 32.1 Å². The molecule has 4 rings (SSSR count). The predicted octanol–water partition coefficient (Wildman–Crippen LogP) is 0.433. The summed E-state index contributed by atoms with van der Waals surface area (Å²) in [4.78, 5) is 44.5. The van der Waals surface area contributed by atoms with Gasteiger partial charge in [0.15, 0.2) is 15.6 Å². The maximum absolute atomic E-state index is 13.6. The number of ether oxygens (including phenoxy) is 1. The van der Waals surface area contributed by atoms with Crippen LogP contribution in [-0.4, -0.2) is 72.3 Å². The van der Waals surface area contributed by atoms with Crippen LogP contribution in [0.3, 0.4) is 0 Å². The molecule has 0 spiro atoms. The highest BCUT2D eigenvalue weighted by Crippen LogP contribution is 2.25. The number of amides is 2. The lowest BCUT2D eigenvalue weighted by Gasteiger charge is -2.27. The van der Waals surface area contributed by atoms with Crippen molar-refractivity contribution in [3.63, 3.8) is 0 Å². The molecule has 2 aromatic heterocycles. The van der Waals surface area contributed by atoms with E-state index in [-0.39, 0.29) is 33.9 Å². The highest BCUT2D eigenvalue weighted by atomic mass is 32.2. The number of fused-ring (bicyclic) bond motifs is 1. The summed E-state index contributed by atoms with van der Waals surface area (Å²) in [6, 6.07) is 6.09. The van der Waals surface area contributed by atoms with Crippen LogP contribution in [0.25, 0.3) is 11.0 Å². The number of halogens is 1. The summed E-state index contributed by atoms with van der Waals surface area (Å²) in [6.07, 6.45) is 2.26. The summed E-state index contributed by atoms with van der Waals surface area (Å²) in [5.74, 6) is -2.82. The van der Waals surface area contributed by atoms with Gasteiger partial charge in [-0.3, -0.25) is 23.9 Å². The van der Waals surface area contributed by atoms with E-state index >= 15 is 0 Å². The normalized spacial score (nSPS) is 14.1. The number of pyridine rings is 2. The summed E-state index contributed by atoms with van der Waals surface area (Å²) >= 11 is 0. The summed E-state index contributed by atoms with van der Waals surface area (Å²) in [5.41, 5.74) is -1.38. The third kappa shape index (κ3) is 5.06. The van der Waals surface area contributed by atoms with E-state index in [0.29, 0.717) is 26.3 Å². The van der Waals surface area contributed by atoms with E-state index in [0.717, 1.165) is 23.0 Å². The number of aromatic nitrogens is 2. The third-order valence-corrected chi connectivity index (χ3v) is 6.93. The van der Waals surface area contributed by atoms with Gasteiger partial charge in [-0.1, -0.05) is 6.07 Å². The van der Waals surface area contributed by atoms with Crippen LogP contribution >= 0.6 is 0 Å². The lowest BCUT2D eigenvalue weighted by atomic mass is 10.1. The Bertz CT molecular complexity index is 1510. The summed E-state index contributed by atoms with van der Waals surface area (Å²) in [6.45, 7) is 0.687. The number of rotatable bonds is 6. The van der Waals surface area contributed by atoms with Gasteiger partial charge in [-0.15, -0.1) is 0 Å². The molecule has 3 aromatic rings. The first-order chi connectivity index (χ1) is 17.1. The number of benzene rings is 1. The number of hydrogen-bond acceptors (Lipinski definition) is 8. The number of nitrogens with one attached hydrogen (secondary N) is 1. The van der Waals surface area contributed by atoms with E-state index in [1.165, 1.54) is 29.3 Å². The molecular formula is C23H23FN4O7S. The molecule has 1 aliphatic heterocycles. The van der Waals surface area contributed by atoms with Gasteiger partial charge in [-0.05, 0) is 29.8 Å². The van der Waals surface area contributed by atoms with Gasteiger partial charge >= 0.3 is 0 Å². The van der Waals surface area contributed by atoms with Crippen LogP contribution in [0.15, 0.2) is 46.2 Å². The Balaban J connectivity index is 1.70. The van der Waals surface area contributed by atoms with E-state index in [4.69, 9.17) is 4.74 Å². The van der Waals surface area contributed by atoms with Crippen molar-refractivity contribution in [3.8, 4) is 5.75 Å². The maximum Gasteiger partial charge on any atom is 0.268 e. The van der Waals surface area contributed by atoms with Crippen LogP contribution in [0.5, 0.6) is 5.75 Å². The predicted molar refractivity (Wildman–Crippen MR) is 126 cm³/mol. The van der Waals surface area contributed by atoms with E-state index < -0.39 is 45.0 Å². The fourth-order valence-corrected chi connectivity index (χ4v) is 4.90. The quantitative estimate of drug-likeness (QED) is 0.478. The Morgan fingerprint density at radius 1 is 1.22 bits per heavy atom. The average molecular weight is 519 g/mol. The van der Waals surface area contributed by atoms with Gasteiger partial charge in [-0.25, -0.2) is 12.8 Å². The Hall–Kier alpha value is -3.84. The lowest BCUT2D eigenvalue weighted by Crippen LogP contribution is -2.44. The van der Waals surface area contributed by atoms with Gasteiger partial charge in [0.25, 0.3) is 11.5 Å². The lowest BCUT2D eigenvalue weighted by molar-refractivity contribution is -0.135. The van der Waals surface area contributed by atoms with Gasteiger partial charge in [0.2, 0.25) is 5.91 Å². The van der Waals surface area contributed by atoms with Crippen LogP contribution in [0.1, 0.15) is 15.9 Å². The Kier molecular flexibility index (Phi) is 7.04. The number of carbonyl (C=O) groups is 2. The van der Waals surface area contributed by atoms with Crippen molar-refractivity contribution < 1.29 is 32.2 Å². The topological polar surface area (TPSA) is 148 Å². The molecule has 0 bridgehead atoms. The van der Waals surface area contributed by atoms with Crippen LogP contribution < -0.4 is 10.9 Å². The van der Waals surface area contributed by atoms with Crippen molar-refractivity contribution in [1.82, 2.24) is 19.8 Å². The summed E-state index contributed by atoms with van der Waals surface area (Å²) in [7, 11) is -3.81. The second-order valence-electron chi connectivity index (χ2n) is 8.19. The second kappa shape index (κ2) is 10.0. The van der Waals surface area contributed by atoms with Crippen molar-refractivity contribution in [2.75, 3.05) is 32.6 Å². The van der Waals surface area contributed by atoms with E-state index in [1.807, 2.05) is 0 Å². The van der Waals surface area contributed by atoms with Crippen LogP contribution in [0.2, 0.25) is 0 Å². The summed E-state index contributed by atoms with van der Waals surface area (Å²) in [5, 5.41) is 13.1. The zero-order chi connectivity index (χ0) is 26.0. The van der Waals surface area contributed by atoms with Gasteiger partial charge in [0.1, 0.15) is 23.4 Å². The van der Waals surface area contributed by atoms with E-state index in [2.05, 4.69) is 10.3 Å². The first kappa shape index (κ1) is 25.3. The number of hydrogen-bond donors (Lipinski definition) is 2. The molecule has 190 valence electrons. The fraction of sp³-hybridized carbons (Fsp3) is 0.304. The minimum Gasteiger partial charge on any atom is -0.505 e. The SMILES string of the molecule is CS(=O)(=O)c1cc(F)ccc1CNC(=O)c1c(O)c2ncccc2n(CC(=O)N2CCOCC2)c1=O.